The number of fused-ring (bicyclic) bond motifs is 1. The molecule has 0 aliphatic carbocycles. The molecule has 0 bridgehead atoms. The highest BCUT2D eigenvalue weighted by Gasteiger charge is 2.19. The highest BCUT2D eigenvalue weighted by atomic mass is 16.2. The fourth-order valence-electron chi connectivity index (χ4n) is 2.30. The number of aryl methyl sites for hydroxylation is 2. The average molecular weight is 287 g/mol. The molecule has 1 aliphatic heterocycles. The summed E-state index contributed by atoms with van der Waals surface area (Å²) in [5.74, 6) is 1.15. The number of carbonyl (C=O) groups excluding carboxylic acids is 1. The fourth-order valence-corrected chi connectivity index (χ4v) is 2.30. The Bertz CT molecular complexity index is 679. The average Bonchev–Trinajstić information content (AvgIpc) is 2.77. The van der Waals surface area contributed by atoms with Gasteiger partial charge in [0, 0.05) is 12.2 Å². The Labute approximate surface area is 122 Å². The molecule has 0 unspecified atom stereocenters. The summed E-state index contributed by atoms with van der Waals surface area (Å²) < 4.78 is 1.94. The van der Waals surface area contributed by atoms with Crippen molar-refractivity contribution in [3.05, 3.63) is 23.8 Å². The Morgan fingerprint density at radius 3 is 3.00 bits per heavy atom. The van der Waals surface area contributed by atoms with E-state index >= 15 is 0 Å². The number of rotatable bonds is 4. The van der Waals surface area contributed by atoms with E-state index in [1.165, 1.54) is 6.33 Å². The van der Waals surface area contributed by atoms with Crippen LogP contribution in [0.2, 0.25) is 0 Å². The molecule has 3 heterocycles. The van der Waals surface area contributed by atoms with Gasteiger partial charge in [-0.15, -0.1) is 0 Å². The van der Waals surface area contributed by atoms with Crippen LogP contribution in [-0.4, -0.2) is 38.7 Å². The number of amides is 1. The van der Waals surface area contributed by atoms with E-state index in [1.807, 2.05) is 24.6 Å². The van der Waals surface area contributed by atoms with E-state index < -0.39 is 0 Å². The number of nitrogens with zero attached hydrogens (tertiary/aromatic N) is 4. The lowest BCUT2D eigenvalue weighted by Crippen LogP contribution is -2.29. The summed E-state index contributed by atoms with van der Waals surface area (Å²) in [4.78, 5) is 19.7. The second kappa shape index (κ2) is 5.39. The van der Waals surface area contributed by atoms with Gasteiger partial charge in [-0.1, -0.05) is 0 Å². The largest absolute Gasteiger partial charge is 0.366 e. The topological polar surface area (TPSA) is 96.8 Å². The van der Waals surface area contributed by atoms with E-state index in [4.69, 9.17) is 0 Å². The van der Waals surface area contributed by atoms with Crippen molar-refractivity contribution >= 4 is 23.2 Å². The summed E-state index contributed by atoms with van der Waals surface area (Å²) in [5.41, 5.74) is 2.72. The third-order valence-corrected chi connectivity index (χ3v) is 3.25. The van der Waals surface area contributed by atoms with Gasteiger partial charge < -0.3 is 16.0 Å². The zero-order valence-corrected chi connectivity index (χ0v) is 12.0. The van der Waals surface area contributed by atoms with Gasteiger partial charge in [0.15, 0.2) is 11.6 Å². The molecule has 0 spiro atoms. The third-order valence-electron chi connectivity index (χ3n) is 3.25. The second-order valence-electron chi connectivity index (χ2n) is 4.92. The number of hydrogen-bond acceptors (Lipinski definition) is 6. The predicted molar refractivity (Wildman–Crippen MR) is 79.3 cm³/mol. The Kier molecular flexibility index (Phi) is 3.43. The minimum atomic E-state index is -0.0982. The van der Waals surface area contributed by atoms with Crippen molar-refractivity contribution < 1.29 is 4.79 Å². The molecule has 0 radical (unpaired) electrons. The van der Waals surface area contributed by atoms with Crippen LogP contribution in [0.5, 0.6) is 0 Å². The number of hydrogen-bond donors (Lipinski definition) is 3. The smallest absolute Gasteiger partial charge is 0.243 e. The molecule has 1 amide bonds. The number of aromatic nitrogens is 4. The van der Waals surface area contributed by atoms with Gasteiger partial charge in [-0.25, -0.2) is 9.97 Å². The first-order valence-corrected chi connectivity index (χ1v) is 6.77. The maximum atomic E-state index is 11.4. The quantitative estimate of drug-likeness (QED) is 0.768. The number of nitrogens with one attached hydrogen (secondary N) is 3. The van der Waals surface area contributed by atoms with Crippen LogP contribution in [0.15, 0.2) is 12.4 Å². The molecule has 2 aromatic rings. The highest BCUT2D eigenvalue weighted by molar-refractivity contribution is 6.02. The zero-order chi connectivity index (χ0) is 14.8. The first-order chi connectivity index (χ1) is 10.1. The minimum absolute atomic E-state index is 0.0982. The summed E-state index contributed by atoms with van der Waals surface area (Å²) in [6.07, 6.45) is 1.47. The van der Waals surface area contributed by atoms with Gasteiger partial charge in [0.2, 0.25) is 5.91 Å². The minimum Gasteiger partial charge on any atom is -0.366 e. The van der Waals surface area contributed by atoms with E-state index in [1.54, 1.807) is 0 Å². The molecule has 3 rings (SSSR count). The van der Waals surface area contributed by atoms with E-state index in [0.717, 1.165) is 17.9 Å². The van der Waals surface area contributed by atoms with Crippen LogP contribution < -0.4 is 16.0 Å². The maximum Gasteiger partial charge on any atom is 0.243 e. The van der Waals surface area contributed by atoms with Gasteiger partial charge in [0.25, 0.3) is 0 Å². The molecule has 1 aliphatic rings. The summed E-state index contributed by atoms with van der Waals surface area (Å²) >= 11 is 0. The van der Waals surface area contributed by atoms with Crippen LogP contribution >= 0.6 is 0 Å². The van der Waals surface area contributed by atoms with Crippen molar-refractivity contribution in [2.24, 2.45) is 0 Å². The molecule has 8 heteroatoms. The summed E-state index contributed by atoms with van der Waals surface area (Å²) in [5, 5.41) is 13.3. The van der Waals surface area contributed by atoms with Gasteiger partial charge in [0.1, 0.15) is 12.0 Å². The van der Waals surface area contributed by atoms with Crippen LogP contribution in [-0.2, 0) is 11.3 Å². The maximum absolute atomic E-state index is 11.4. The molecule has 8 nitrogen and oxygen atoms in total. The van der Waals surface area contributed by atoms with E-state index in [0.29, 0.717) is 23.9 Å². The molecule has 0 saturated heterocycles. The van der Waals surface area contributed by atoms with Crippen LogP contribution in [0, 0.1) is 13.8 Å². The van der Waals surface area contributed by atoms with Crippen LogP contribution in [0.4, 0.5) is 17.3 Å². The first kappa shape index (κ1) is 13.3. The van der Waals surface area contributed by atoms with Gasteiger partial charge in [-0.2, -0.15) is 5.10 Å². The van der Waals surface area contributed by atoms with Crippen LogP contribution in [0.3, 0.4) is 0 Å². The van der Waals surface area contributed by atoms with Crippen molar-refractivity contribution in [2.45, 2.75) is 20.4 Å². The lowest BCUT2D eigenvalue weighted by molar-refractivity contribution is -0.114. The molecule has 2 aromatic heterocycles. The molecule has 3 N–H and O–H groups in total. The Hall–Kier alpha value is -2.64. The highest BCUT2D eigenvalue weighted by Crippen LogP contribution is 2.28. The molecule has 21 heavy (non-hydrogen) atoms. The van der Waals surface area contributed by atoms with Crippen LogP contribution in [0.1, 0.15) is 11.4 Å². The van der Waals surface area contributed by atoms with E-state index in [2.05, 4.69) is 31.0 Å². The van der Waals surface area contributed by atoms with Gasteiger partial charge in [0.05, 0.1) is 18.8 Å². The van der Waals surface area contributed by atoms with E-state index in [-0.39, 0.29) is 12.5 Å². The summed E-state index contributed by atoms with van der Waals surface area (Å²) in [6.45, 7) is 5.60. The summed E-state index contributed by atoms with van der Waals surface area (Å²) in [7, 11) is 0. The lowest BCUT2D eigenvalue weighted by atomic mass is 10.3. The third kappa shape index (κ3) is 2.78. The van der Waals surface area contributed by atoms with E-state index in [9.17, 15) is 4.79 Å². The fraction of sp³-hybridized carbons (Fsp3) is 0.385. The standard InChI is InChI=1S/C13H17N7O/c1-8-5-9(2)20(19-8)4-3-14-12-11-13(17-7-16-12)15-6-10(21)18-11/h5,7H,3-4,6H2,1-2H3,(H,18,21)(H2,14,15,16,17). The lowest BCUT2D eigenvalue weighted by Gasteiger charge is -2.20. The Balaban J connectivity index is 1.68. The van der Waals surface area contributed by atoms with Gasteiger partial charge >= 0.3 is 0 Å². The van der Waals surface area contributed by atoms with Crippen LogP contribution in [0.25, 0.3) is 0 Å². The number of anilines is 3. The van der Waals surface area contributed by atoms with Gasteiger partial charge in [-0.05, 0) is 19.9 Å². The zero-order valence-electron chi connectivity index (χ0n) is 12.0. The second-order valence-corrected chi connectivity index (χ2v) is 4.92. The summed E-state index contributed by atoms with van der Waals surface area (Å²) in [6, 6.07) is 2.04. The first-order valence-electron chi connectivity index (χ1n) is 6.77. The normalized spacial score (nSPS) is 13.3. The Morgan fingerprint density at radius 1 is 1.38 bits per heavy atom. The molecular weight excluding hydrogens is 270 g/mol. The molecule has 0 saturated carbocycles. The van der Waals surface area contributed by atoms with Crippen molar-refractivity contribution in [1.29, 1.82) is 0 Å². The van der Waals surface area contributed by atoms with Crippen molar-refractivity contribution in [1.82, 2.24) is 19.7 Å². The predicted octanol–water partition coefficient (Wildman–Crippen LogP) is 0.766. The van der Waals surface area contributed by atoms with Crippen molar-refractivity contribution in [2.75, 3.05) is 29.0 Å². The number of carbonyl (C=O) groups is 1. The molecule has 0 fully saturated rings. The molecule has 0 atom stereocenters. The van der Waals surface area contributed by atoms with Crippen molar-refractivity contribution in [3.63, 3.8) is 0 Å². The molecule has 0 aromatic carbocycles. The monoisotopic (exact) mass is 287 g/mol. The molecule has 110 valence electrons. The van der Waals surface area contributed by atoms with Crippen molar-refractivity contribution in [3.8, 4) is 0 Å². The Morgan fingerprint density at radius 2 is 2.24 bits per heavy atom. The van der Waals surface area contributed by atoms with Gasteiger partial charge in [-0.3, -0.25) is 9.48 Å². The molecular formula is C13H17N7O. The SMILES string of the molecule is Cc1cc(C)n(CCNc2ncnc3c2NC(=O)CN3)n1.